The van der Waals surface area contributed by atoms with Crippen molar-refractivity contribution in [3.05, 3.63) is 94.0 Å². The van der Waals surface area contributed by atoms with Crippen molar-refractivity contribution >= 4 is 39.1 Å². The van der Waals surface area contributed by atoms with E-state index in [1.54, 1.807) is 54.6 Å². The summed E-state index contributed by atoms with van der Waals surface area (Å²) < 4.78 is 0.823. The Labute approximate surface area is 165 Å². The molecule has 3 rings (SSSR count). The van der Waals surface area contributed by atoms with Crippen LogP contribution in [-0.2, 0) is 6.54 Å². The summed E-state index contributed by atoms with van der Waals surface area (Å²) in [5, 5.41) is 5.64. The van der Waals surface area contributed by atoms with Gasteiger partial charge in [-0.1, -0.05) is 40.2 Å². The fourth-order valence-corrected chi connectivity index (χ4v) is 2.90. The average molecular weight is 424 g/mol. The maximum atomic E-state index is 12.5. The number of halogens is 1. The number of amides is 2. The van der Waals surface area contributed by atoms with Crippen molar-refractivity contribution < 1.29 is 9.59 Å². The number of benzene rings is 3. The number of nitrogens with two attached hydrogens (primary N) is 1. The monoisotopic (exact) mass is 423 g/mol. The molecule has 0 radical (unpaired) electrons. The molecule has 0 spiro atoms. The molecular formula is C21H18BrN3O2. The van der Waals surface area contributed by atoms with Gasteiger partial charge in [0.15, 0.2) is 0 Å². The van der Waals surface area contributed by atoms with E-state index in [0.717, 1.165) is 10.0 Å². The van der Waals surface area contributed by atoms with Crippen molar-refractivity contribution in [3.8, 4) is 0 Å². The van der Waals surface area contributed by atoms with Crippen LogP contribution in [0.3, 0.4) is 0 Å². The van der Waals surface area contributed by atoms with Crippen molar-refractivity contribution in [3.63, 3.8) is 0 Å². The van der Waals surface area contributed by atoms with E-state index >= 15 is 0 Å². The third-order valence-corrected chi connectivity index (χ3v) is 4.41. The predicted octanol–water partition coefficient (Wildman–Crippen LogP) is 4.41. The number of hydrogen-bond donors (Lipinski definition) is 3. The number of nitrogens with one attached hydrogen (secondary N) is 2. The van der Waals surface area contributed by atoms with E-state index in [2.05, 4.69) is 26.6 Å². The lowest BCUT2D eigenvalue weighted by Crippen LogP contribution is -2.14. The molecule has 0 atom stereocenters. The summed E-state index contributed by atoms with van der Waals surface area (Å²) in [5.41, 5.74) is 8.77. The predicted molar refractivity (Wildman–Crippen MR) is 111 cm³/mol. The quantitative estimate of drug-likeness (QED) is 0.567. The van der Waals surface area contributed by atoms with Gasteiger partial charge in [-0.3, -0.25) is 9.59 Å². The van der Waals surface area contributed by atoms with Crippen molar-refractivity contribution in [1.29, 1.82) is 0 Å². The molecular weight excluding hydrogens is 406 g/mol. The zero-order chi connectivity index (χ0) is 19.2. The lowest BCUT2D eigenvalue weighted by molar-refractivity contribution is 0.101. The highest BCUT2D eigenvalue weighted by Gasteiger charge is 2.10. The second-order valence-electron chi connectivity index (χ2n) is 5.90. The number of carbonyl (C=O) groups excluding carboxylic acids is 2. The van der Waals surface area contributed by atoms with Crippen LogP contribution in [0, 0.1) is 0 Å². The first-order chi connectivity index (χ1) is 13.0. The first-order valence-electron chi connectivity index (χ1n) is 8.32. The van der Waals surface area contributed by atoms with Crippen LogP contribution >= 0.6 is 15.9 Å². The molecule has 0 aliphatic carbocycles. The van der Waals surface area contributed by atoms with Crippen LogP contribution in [0.5, 0.6) is 0 Å². The molecule has 136 valence electrons. The van der Waals surface area contributed by atoms with E-state index in [4.69, 9.17) is 5.73 Å². The Kier molecular flexibility index (Phi) is 6.01. The Morgan fingerprint density at radius 1 is 0.778 bits per heavy atom. The molecule has 2 amide bonds. The van der Waals surface area contributed by atoms with Gasteiger partial charge in [-0.15, -0.1) is 0 Å². The molecule has 27 heavy (non-hydrogen) atoms. The summed E-state index contributed by atoms with van der Waals surface area (Å²) in [5.74, 6) is -0.500. The van der Waals surface area contributed by atoms with Gasteiger partial charge in [0.25, 0.3) is 11.8 Å². The van der Waals surface area contributed by atoms with Gasteiger partial charge in [0.2, 0.25) is 0 Å². The van der Waals surface area contributed by atoms with Gasteiger partial charge >= 0.3 is 0 Å². The van der Waals surface area contributed by atoms with E-state index < -0.39 is 0 Å². The van der Waals surface area contributed by atoms with Crippen LogP contribution in [0.1, 0.15) is 26.3 Å². The van der Waals surface area contributed by atoms with Crippen molar-refractivity contribution in [2.24, 2.45) is 5.73 Å². The minimum Gasteiger partial charge on any atom is -0.326 e. The lowest BCUT2D eigenvalue weighted by Gasteiger charge is -2.09. The average Bonchev–Trinajstić information content (AvgIpc) is 2.68. The molecule has 0 fully saturated rings. The minimum absolute atomic E-state index is 0.244. The first-order valence-corrected chi connectivity index (χ1v) is 9.12. The number of hydrogen-bond acceptors (Lipinski definition) is 3. The zero-order valence-electron chi connectivity index (χ0n) is 14.4. The SMILES string of the molecule is NCc1ccc(NC(=O)c2cccc(NC(=O)c3cccc(Br)c3)c2)cc1. The van der Waals surface area contributed by atoms with Crippen LogP contribution in [0.2, 0.25) is 0 Å². The van der Waals surface area contributed by atoms with Gasteiger partial charge in [-0.2, -0.15) is 0 Å². The van der Waals surface area contributed by atoms with Gasteiger partial charge < -0.3 is 16.4 Å². The normalized spacial score (nSPS) is 10.3. The highest BCUT2D eigenvalue weighted by molar-refractivity contribution is 9.10. The van der Waals surface area contributed by atoms with Crippen LogP contribution in [0.15, 0.2) is 77.3 Å². The standard InChI is InChI=1S/C21H18BrN3O2/c22-17-5-1-3-15(11-17)20(26)25-19-6-2-4-16(12-19)21(27)24-18-9-7-14(13-23)8-10-18/h1-12H,13,23H2,(H,24,27)(H,25,26). The van der Waals surface area contributed by atoms with Crippen LogP contribution in [0.25, 0.3) is 0 Å². The molecule has 0 unspecified atom stereocenters. The molecule has 0 saturated carbocycles. The lowest BCUT2D eigenvalue weighted by atomic mass is 10.1. The highest BCUT2D eigenvalue weighted by Crippen LogP contribution is 2.17. The Morgan fingerprint density at radius 2 is 1.37 bits per heavy atom. The molecule has 0 aliphatic rings. The first kappa shape index (κ1) is 18.8. The van der Waals surface area contributed by atoms with E-state index in [1.165, 1.54) is 0 Å². The molecule has 0 heterocycles. The van der Waals surface area contributed by atoms with Crippen LogP contribution < -0.4 is 16.4 Å². The summed E-state index contributed by atoms with van der Waals surface area (Å²) in [6.45, 7) is 0.452. The number of carbonyl (C=O) groups is 2. The van der Waals surface area contributed by atoms with Gasteiger partial charge in [-0.05, 0) is 54.1 Å². The Balaban J connectivity index is 1.70. The smallest absolute Gasteiger partial charge is 0.255 e. The summed E-state index contributed by atoms with van der Waals surface area (Å²) in [6.07, 6.45) is 0. The van der Waals surface area contributed by atoms with E-state index in [1.807, 2.05) is 18.2 Å². The largest absolute Gasteiger partial charge is 0.326 e. The molecule has 0 aromatic heterocycles. The molecule has 0 aliphatic heterocycles. The molecule has 6 heteroatoms. The third-order valence-electron chi connectivity index (χ3n) is 3.92. The Hall–Kier alpha value is -2.96. The van der Waals surface area contributed by atoms with E-state index in [0.29, 0.717) is 29.0 Å². The van der Waals surface area contributed by atoms with Crippen LogP contribution in [0.4, 0.5) is 11.4 Å². The van der Waals surface area contributed by atoms with E-state index in [9.17, 15) is 9.59 Å². The fourth-order valence-electron chi connectivity index (χ4n) is 2.50. The summed E-state index contributed by atoms with van der Waals surface area (Å²) >= 11 is 3.35. The Morgan fingerprint density at radius 3 is 2.00 bits per heavy atom. The number of anilines is 2. The highest BCUT2D eigenvalue weighted by atomic mass is 79.9. The number of rotatable bonds is 5. The molecule has 3 aromatic carbocycles. The van der Waals surface area contributed by atoms with Gasteiger partial charge in [0, 0.05) is 33.5 Å². The second kappa shape index (κ2) is 8.62. The molecule has 4 N–H and O–H groups in total. The van der Waals surface area contributed by atoms with Gasteiger partial charge in [-0.25, -0.2) is 0 Å². The second-order valence-corrected chi connectivity index (χ2v) is 6.82. The summed E-state index contributed by atoms with van der Waals surface area (Å²) in [6, 6.07) is 21.2. The zero-order valence-corrected chi connectivity index (χ0v) is 16.0. The minimum atomic E-state index is -0.256. The van der Waals surface area contributed by atoms with Crippen molar-refractivity contribution in [2.45, 2.75) is 6.54 Å². The maximum Gasteiger partial charge on any atom is 0.255 e. The topological polar surface area (TPSA) is 84.2 Å². The summed E-state index contributed by atoms with van der Waals surface area (Å²) in [7, 11) is 0. The molecule has 0 bridgehead atoms. The van der Waals surface area contributed by atoms with Crippen molar-refractivity contribution in [1.82, 2.24) is 0 Å². The maximum absolute atomic E-state index is 12.5. The Bertz CT molecular complexity index is 971. The third kappa shape index (κ3) is 5.03. The van der Waals surface area contributed by atoms with Gasteiger partial charge in [0.05, 0.1) is 0 Å². The molecule has 0 saturated heterocycles. The van der Waals surface area contributed by atoms with E-state index in [-0.39, 0.29) is 11.8 Å². The van der Waals surface area contributed by atoms with Gasteiger partial charge in [0.1, 0.15) is 0 Å². The molecule has 5 nitrogen and oxygen atoms in total. The molecule has 3 aromatic rings. The summed E-state index contributed by atoms with van der Waals surface area (Å²) in [4.78, 5) is 24.8. The van der Waals surface area contributed by atoms with Crippen LogP contribution in [-0.4, -0.2) is 11.8 Å². The fraction of sp³-hybridized carbons (Fsp3) is 0.0476. The van der Waals surface area contributed by atoms with Crippen molar-refractivity contribution in [2.75, 3.05) is 10.6 Å².